The summed E-state index contributed by atoms with van der Waals surface area (Å²) in [6, 6.07) is 0. The van der Waals surface area contributed by atoms with Gasteiger partial charge in [-0.15, -0.1) is 0 Å². The van der Waals surface area contributed by atoms with Crippen LogP contribution in [0.1, 0.15) is 149 Å². The van der Waals surface area contributed by atoms with Crippen LogP contribution in [0.25, 0.3) is 0 Å². The molecule has 1 atom stereocenters. The summed E-state index contributed by atoms with van der Waals surface area (Å²) < 4.78 is 16.5. The van der Waals surface area contributed by atoms with Gasteiger partial charge in [0.15, 0.2) is 6.10 Å². The maximum atomic E-state index is 12.7. The van der Waals surface area contributed by atoms with Gasteiger partial charge in [0.25, 0.3) is 0 Å². The van der Waals surface area contributed by atoms with Crippen molar-refractivity contribution in [3.8, 4) is 0 Å². The molecule has 0 spiro atoms. The molecule has 0 saturated heterocycles. The van der Waals surface area contributed by atoms with Crippen molar-refractivity contribution in [3.05, 3.63) is 170 Å². The van der Waals surface area contributed by atoms with Crippen LogP contribution in [0.15, 0.2) is 170 Å². The lowest BCUT2D eigenvalue weighted by molar-refractivity contribution is -0.166. The summed E-state index contributed by atoms with van der Waals surface area (Å²) in [4.78, 5) is 37.8. The number of unbranched alkanes of at least 4 members (excludes halogenated alkanes) is 2. The van der Waals surface area contributed by atoms with Crippen molar-refractivity contribution < 1.29 is 28.6 Å². The molecule has 0 aromatic heterocycles. The van der Waals surface area contributed by atoms with E-state index < -0.39 is 18.0 Å². The quantitative estimate of drug-likeness (QED) is 0.0265. The molecule has 6 heteroatoms. The van der Waals surface area contributed by atoms with Crippen molar-refractivity contribution in [1.82, 2.24) is 0 Å². The van der Waals surface area contributed by atoms with E-state index >= 15 is 0 Å². The van der Waals surface area contributed by atoms with E-state index in [0.29, 0.717) is 19.3 Å². The first-order chi connectivity index (χ1) is 31.0. The monoisotopic (exact) mass is 863 g/mol. The Hall–Kier alpha value is -5.23. The van der Waals surface area contributed by atoms with Gasteiger partial charge in [0, 0.05) is 6.42 Å². The Morgan fingerprint density at radius 2 is 0.619 bits per heavy atom. The van der Waals surface area contributed by atoms with E-state index in [0.717, 1.165) is 89.9 Å². The van der Waals surface area contributed by atoms with Crippen LogP contribution in [0.4, 0.5) is 0 Å². The van der Waals surface area contributed by atoms with Gasteiger partial charge < -0.3 is 14.2 Å². The molecule has 0 rings (SSSR count). The summed E-state index contributed by atoms with van der Waals surface area (Å²) in [6.45, 7) is 6.03. The lowest BCUT2D eigenvalue weighted by Gasteiger charge is -2.17. The SMILES string of the molecule is CC/C=C\C/C=C\C/C=C\C/C=C\C/C=C\CC(=O)OCC(COC(=O)CCCC/C=C\C/C=C\C/C=C\C/C=C\CC)OC(=O)C/C=C\C/C=C\C/C=C\C/C=C\C/C=C\CC. The molecule has 0 aromatic carbocycles. The van der Waals surface area contributed by atoms with Crippen LogP contribution >= 0.6 is 0 Å². The minimum Gasteiger partial charge on any atom is -0.462 e. The summed E-state index contributed by atoms with van der Waals surface area (Å²) in [5.41, 5.74) is 0. The number of allylic oxidation sites excluding steroid dienone is 26. The molecule has 0 N–H and O–H groups in total. The van der Waals surface area contributed by atoms with E-state index in [2.05, 4.69) is 167 Å². The molecule has 0 aliphatic carbocycles. The van der Waals surface area contributed by atoms with E-state index in [1.54, 1.807) is 12.2 Å². The highest BCUT2D eigenvalue weighted by molar-refractivity contribution is 5.72. The van der Waals surface area contributed by atoms with E-state index in [9.17, 15) is 14.4 Å². The second kappa shape index (κ2) is 49.4. The molecule has 1 unspecified atom stereocenters. The highest BCUT2D eigenvalue weighted by Gasteiger charge is 2.19. The zero-order valence-electron chi connectivity index (χ0n) is 39.2. The zero-order chi connectivity index (χ0) is 45.8. The van der Waals surface area contributed by atoms with Gasteiger partial charge in [0.2, 0.25) is 0 Å². The number of carbonyl (C=O) groups excluding carboxylic acids is 3. The highest BCUT2D eigenvalue weighted by atomic mass is 16.6. The van der Waals surface area contributed by atoms with Gasteiger partial charge in [-0.05, 0) is 109 Å². The van der Waals surface area contributed by atoms with Crippen LogP contribution in [-0.2, 0) is 28.6 Å². The largest absolute Gasteiger partial charge is 0.462 e. The van der Waals surface area contributed by atoms with E-state index in [1.807, 2.05) is 12.2 Å². The Kier molecular flexibility index (Phi) is 45.3. The molecule has 0 aliphatic rings. The molecule has 0 amide bonds. The van der Waals surface area contributed by atoms with Crippen molar-refractivity contribution in [2.75, 3.05) is 13.2 Å². The maximum Gasteiger partial charge on any atom is 0.310 e. The molecule has 0 aliphatic heterocycles. The lowest BCUT2D eigenvalue weighted by atomic mass is 10.2. The first-order valence-electron chi connectivity index (χ1n) is 23.6. The van der Waals surface area contributed by atoms with Gasteiger partial charge in [-0.2, -0.15) is 0 Å². The molecule has 0 saturated carbocycles. The highest BCUT2D eigenvalue weighted by Crippen LogP contribution is 2.07. The molecule has 6 nitrogen and oxygen atoms in total. The van der Waals surface area contributed by atoms with Gasteiger partial charge in [0.05, 0.1) is 12.8 Å². The molecule has 0 aromatic rings. The molecule has 0 fully saturated rings. The van der Waals surface area contributed by atoms with Gasteiger partial charge >= 0.3 is 17.9 Å². The van der Waals surface area contributed by atoms with Gasteiger partial charge in [-0.25, -0.2) is 0 Å². The van der Waals surface area contributed by atoms with E-state index in [1.165, 1.54) is 0 Å². The third-order valence-corrected chi connectivity index (χ3v) is 8.76. The van der Waals surface area contributed by atoms with Crippen LogP contribution in [0.2, 0.25) is 0 Å². The number of hydrogen-bond acceptors (Lipinski definition) is 6. The Morgan fingerprint density at radius 3 is 0.968 bits per heavy atom. The summed E-state index contributed by atoms with van der Waals surface area (Å²) in [5, 5.41) is 0. The molecular formula is C57H82O6. The van der Waals surface area contributed by atoms with Crippen LogP contribution < -0.4 is 0 Å². The van der Waals surface area contributed by atoms with Crippen molar-refractivity contribution in [1.29, 1.82) is 0 Å². The topological polar surface area (TPSA) is 78.9 Å². The average Bonchev–Trinajstić information content (AvgIpc) is 3.28. The third-order valence-electron chi connectivity index (χ3n) is 8.76. The molecular weight excluding hydrogens is 781 g/mol. The number of rotatable bonds is 39. The van der Waals surface area contributed by atoms with Crippen LogP contribution in [0.3, 0.4) is 0 Å². The second-order valence-corrected chi connectivity index (χ2v) is 14.5. The molecule has 63 heavy (non-hydrogen) atoms. The van der Waals surface area contributed by atoms with Crippen molar-refractivity contribution >= 4 is 17.9 Å². The summed E-state index contributed by atoms with van der Waals surface area (Å²) in [7, 11) is 0. The Bertz CT molecular complexity index is 1550. The maximum absolute atomic E-state index is 12.7. The standard InChI is InChI=1S/C57H82O6/c1-4-7-10-13-16-19-22-25-28-31-34-37-40-43-46-49-55(58)61-52-54(63-57(60)51-48-45-42-39-36-33-30-27-24-21-18-15-12-9-6-3)53-62-56(59)50-47-44-41-38-35-32-29-26-23-20-17-14-11-8-5-2/h7-12,16-21,25-30,34-39,43,45-46,48,54H,4-6,13-15,22-24,31-33,40-42,44,47,49-53H2,1-3H3/b10-7-,11-8-,12-9-,19-16-,20-17-,21-18-,28-25-,29-26-,30-27-,37-34-,38-35-,39-36-,46-43-,48-45-. The summed E-state index contributed by atoms with van der Waals surface area (Å²) >= 11 is 0. The molecule has 346 valence electrons. The minimum atomic E-state index is -0.897. The smallest absolute Gasteiger partial charge is 0.310 e. The van der Waals surface area contributed by atoms with Crippen LogP contribution in [0, 0.1) is 0 Å². The van der Waals surface area contributed by atoms with Gasteiger partial charge in [-0.1, -0.05) is 191 Å². The fourth-order valence-corrected chi connectivity index (χ4v) is 5.34. The van der Waals surface area contributed by atoms with Crippen LogP contribution in [0.5, 0.6) is 0 Å². The number of hydrogen-bond donors (Lipinski definition) is 0. The number of esters is 3. The summed E-state index contributed by atoms with van der Waals surface area (Å²) in [6.07, 6.45) is 73.9. The Morgan fingerprint density at radius 1 is 0.333 bits per heavy atom. The second-order valence-electron chi connectivity index (χ2n) is 14.5. The normalized spacial score (nSPS) is 13.6. The first-order valence-corrected chi connectivity index (χ1v) is 23.6. The predicted octanol–water partition coefficient (Wildman–Crippen LogP) is 15.6. The summed E-state index contributed by atoms with van der Waals surface area (Å²) in [5.74, 6) is -1.30. The third kappa shape index (κ3) is 47.7. The average molecular weight is 863 g/mol. The fraction of sp³-hybridized carbons (Fsp3) is 0.456. The zero-order valence-corrected chi connectivity index (χ0v) is 39.2. The van der Waals surface area contributed by atoms with Crippen molar-refractivity contribution in [2.24, 2.45) is 0 Å². The first kappa shape index (κ1) is 57.8. The van der Waals surface area contributed by atoms with Gasteiger partial charge in [-0.3, -0.25) is 14.4 Å². The lowest BCUT2D eigenvalue weighted by Crippen LogP contribution is -2.30. The molecule has 0 radical (unpaired) electrons. The molecule has 0 bridgehead atoms. The van der Waals surface area contributed by atoms with Crippen molar-refractivity contribution in [3.63, 3.8) is 0 Å². The van der Waals surface area contributed by atoms with Crippen LogP contribution in [-0.4, -0.2) is 37.2 Å². The fourth-order valence-electron chi connectivity index (χ4n) is 5.34. The van der Waals surface area contributed by atoms with E-state index in [-0.39, 0.29) is 38.4 Å². The Balaban J connectivity index is 4.76. The van der Waals surface area contributed by atoms with Gasteiger partial charge in [0.1, 0.15) is 13.2 Å². The minimum absolute atomic E-state index is 0.0588. The molecule has 0 heterocycles. The number of carbonyl (C=O) groups is 3. The predicted molar refractivity (Wildman–Crippen MR) is 269 cm³/mol. The Labute approximate surface area is 383 Å². The van der Waals surface area contributed by atoms with E-state index in [4.69, 9.17) is 14.2 Å². The number of ether oxygens (including phenoxy) is 3. The van der Waals surface area contributed by atoms with Crippen molar-refractivity contribution in [2.45, 2.75) is 155 Å².